The fourth-order valence-electron chi connectivity index (χ4n) is 2.79. The Morgan fingerprint density at radius 2 is 1.75 bits per heavy atom. The SMILES string of the molecule is CCOC(=O)c1nn(CC(=O)c2cccc(Cl)c2)c(C(=O)OCC)c1C(C)C. The van der Waals surface area contributed by atoms with Gasteiger partial charge >= 0.3 is 11.9 Å². The van der Waals surface area contributed by atoms with Crippen LogP contribution in [-0.2, 0) is 16.0 Å². The van der Waals surface area contributed by atoms with Gasteiger partial charge in [0.1, 0.15) is 6.54 Å². The Kier molecular flexibility index (Phi) is 7.34. The standard InChI is InChI=1S/C20H23ClN2O5/c1-5-27-19(25)17-16(12(3)4)18(20(26)28-6-2)23(22-17)11-15(24)13-8-7-9-14(21)10-13/h7-10,12H,5-6,11H2,1-4H3. The maximum Gasteiger partial charge on any atom is 0.359 e. The molecule has 0 N–H and O–H groups in total. The second-order valence-electron chi connectivity index (χ2n) is 6.30. The Hall–Kier alpha value is -2.67. The minimum absolute atomic E-state index is 0.0128. The fraction of sp³-hybridized carbons (Fsp3) is 0.400. The number of ether oxygens (including phenoxy) is 2. The molecule has 0 saturated heterocycles. The Morgan fingerprint density at radius 1 is 1.11 bits per heavy atom. The molecule has 0 aliphatic heterocycles. The number of benzene rings is 1. The van der Waals surface area contributed by atoms with Crippen molar-refractivity contribution in [2.24, 2.45) is 0 Å². The van der Waals surface area contributed by atoms with Crippen LogP contribution in [0.15, 0.2) is 24.3 Å². The molecule has 0 radical (unpaired) electrons. The highest BCUT2D eigenvalue weighted by Gasteiger charge is 2.31. The maximum atomic E-state index is 12.7. The normalized spacial score (nSPS) is 10.8. The monoisotopic (exact) mass is 406 g/mol. The highest BCUT2D eigenvalue weighted by Crippen LogP contribution is 2.26. The first-order chi connectivity index (χ1) is 13.3. The average Bonchev–Trinajstić information content (AvgIpc) is 3.01. The van der Waals surface area contributed by atoms with Crippen molar-refractivity contribution < 1.29 is 23.9 Å². The van der Waals surface area contributed by atoms with E-state index in [9.17, 15) is 14.4 Å². The third kappa shape index (κ3) is 4.78. The van der Waals surface area contributed by atoms with Gasteiger partial charge in [-0.3, -0.25) is 4.79 Å². The van der Waals surface area contributed by atoms with Crippen LogP contribution in [-0.4, -0.2) is 40.7 Å². The zero-order valence-corrected chi connectivity index (χ0v) is 17.1. The predicted molar refractivity (Wildman–Crippen MR) is 104 cm³/mol. The molecule has 0 atom stereocenters. The first-order valence-electron chi connectivity index (χ1n) is 9.03. The number of halogens is 1. The molecule has 0 aliphatic rings. The molecule has 0 unspecified atom stereocenters. The second-order valence-corrected chi connectivity index (χ2v) is 6.73. The summed E-state index contributed by atoms with van der Waals surface area (Å²) in [5.41, 5.74) is 0.867. The Morgan fingerprint density at radius 3 is 2.32 bits per heavy atom. The third-order valence-electron chi connectivity index (χ3n) is 3.94. The van der Waals surface area contributed by atoms with Crippen LogP contribution in [0.2, 0.25) is 5.02 Å². The summed E-state index contributed by atoms with van der Waals surface area (Å²) in [6.07, 6.45) is 0. The molecule has 0 aliphatic carbocycles. The molecule has 1 aromatic carbocycles. The smallest absolute Gasteiger partial charge is 0.359 e. The number of hydrogen-bond donors (Lipinski definition) is 0. The van der Waals surface area contributed by atoms with Crippen molar-refractivity contribution in [1.29, 1.82) is 0 Å². The summed E-state index contributed by atoms with van der Waals surface area (Å²) in [7, 11) is 0. The van der Waals surface area contributed by atoms with Crippen LogP contribution in [0.5, 0.6) is 0 Å². The van der Waals surface area contributed by atoms with Crippen LogP contribution in [0.4, 0.5) is 0 Å². The molecular weight excluding hydrogens is 384 g/mol. The lowest BCUT2D eigenvalue weighted by molar-refractivity contribution is 0.0505. The molecule has 8 heteroatoms. The molecule has 28 heavy (non-hydrogen) atoms. The number of rotatable bonds is 8. The lowest BCUT2D eigenvalue weighted by Gasteiger charge is -2.11. The van der Waals surface area contributed by atoms with E-state index >= 15 is 0 Å². The molecule has 150 valence electrons. The molecule has 7 nitrogen and oxygen atoms in total. The van der Waals surface area contributed by atoms with Crippen LogP contribution in [0.25, 0.3) is 0 Å². The summed E-state index contributed by atoms with van der Waals surface area (Å²) in [5.74, 6) is -1.81. The summed E-state index contributed by atoms with van der Waals surface area (Å²) in [5, 5.41) is 4.65. The van der Waals surface area contributed by atoms with Crippen molar-refractivity contribution in [3.8, 4) is 0 Å². The summed E-state index contributed by atoms with van der Waals surface area (Å²) in [6.45, 7) is 7.08. The Balaban J connectivity index is 2.54. The van der Waals surface area contributed by atoms with E-state index in [-0.39, 0.29) is 42.8 Å². The average molecular weight is 407 g/mol. The molecule has 0 fully saturated rings. The number of hydrogen-bond acceptors (Lipinski definition) is 6. The van der Waals surface area contributed by atoms with Gasteiger partial charge in [-0.1, -0.05) is 37.6 Å². The van der Waals surface area contributed by atoms with E-state index in [1.807, 2.05) is 13.8 Å². The van der Waals surface area contributed by atoms with E-state index in [0.717, 1.165) is 0 Å². The van der Waals surface area contributed by atoms with Crippen LogP contribution in [0, 0.1) is 0 Å². The number of carbonyl (C=O) groups is 3. The highest BCUT2D eigenvalue weighted by molar-refractivity contribution is 6.31. The predicted octanol–water partition coefficient (Wildman–Crippen LogP) is 3.90. The van der Waals surface area contributed by atoms with Gasteiger partial charge in [-0.2, -0.15) is 5.10 Å². The molecule has 0 amide bonds. The van der Waals surface area contributed by atoms with Crippen LogP contribution in [0.1, 0.15) is 70.5 Å². The molecule has 2 aromatic rings. The van der Waals surface area contributed by atoms with Crippen LogP contribution in [0.3, 0.4) is 0 Å². The fourth-order valence-corrected chi connectivity index (χ4v) is 2.98. The van der Waals surface area contributed by atoms with Gasteiger partial charge < -0.3 is 9.47 Å². The van der Waals surface area contributed by atoms with Crippen LogP contribution >= 0.6 is 11.6 Å². The summed E-state index contributed by atoms with van der Waals surface area (Å²) >= 11 is 5.95. The lowest BCUT2D eigenvalue weighted by Crippen LogP contribution is -2.19. The molecule has 0 bridgehead atoms. The summed E-state index contributed by atoms with van der Waals surface area (Å²) in [4.78, 5) is 37.7. The second kappa shape index (κ2) is 9.50. The number of esters is 2. The number of aromatic nitrogens is 2. The molecule has 2 rings (SSSR count). The van der Waals surface area contributed by atoms with Gasteiger partial charge in [-0.25, -0.2) is 14.3 Å². The topological polar surface area (TPSA) is 87.5 Å². The van der Waals surface area contributed by atoms with E-state index < -0.39 is 11.9 Å². The number of nitrogens with zero attached hydrogens (tertiary/aromatic N) is 2. The van der Waals surface area contributed by atoms with Crippen molar-refractivity contribution in [3.63, 3.8) is 0 Å². The van der Waals surface area contributed by atoms with Crippen molar-refractivity contribution in [3.05, 3.63) is 51.8 Å². The van der Waals surface area contributed by atoms with Crippen LogP contribution < -0.4 is 0 Å². The molecule has 1 heterocycles. The van der Waals surface area contributed by atoms with E-state index in [4.69, 9.17) is 21.1 Å². The van der Waals surface area contributed by atoms with Crippen molar-refractivity contribution in [1.82, 2.24) is 9.78 Å². The van der Waals surface area contributed by atoms with Gasteiger partial charge in [0, 0.05) is 16.1 Å². The van der Waals surface area contributed by atoms with E-state index in [1.165, 1.54) is 10.7 Å². The van der Waals surface area contributed by atoms with Gasteiger partial charge in [0.25, 0.3) is 0 Å². The summed E-state index contributed by atoms with van der Waals surface area (Å²) in [6, 6.07) is 6.48. The largest absolute Gasteiger partial charge is 0.461 e. The quantitative estimate of drug-likeness (QED) is 0.488. The summed E-state index contributed by atoms with van der Waals surface area (Å²) < 4.78 is 11.4. The van der Waals surface area contributed by atoms with E-state index in [1.54, 1.807) is 32.0 Å². The number of ketones is 1. The molecule has 1 aromatic heterocycles. The van der Waals surface area contributed by atoms with Gasteiger partial charge in [-0.05, 0) is 31.9 Å². The number of carbonyl (C=O) groups excluding carboxylic acids is 3. The zero-order chi connectivity index (χ0) is 20.8. The van der Waals surface area contributed by atoms with Crippen molar-refractivity contribution >= 4 is 29.3 Å². The molecule has 0 saturated carbocycles. The van der Waals surface area contributed by atoms with Crippen molar-refractivity contribution in [2.45, 2.75) is 40.2 Å². The molecule has 0 spiro atoms. The number of Topliss-reactive ketones (excluding diaryl/α,β-unsaturated/α-hetero) is 1. The lowest BCUT2D eigenvalue weighted by atomic mass is 10.00. The van der Waals surface area contributed by atoms with Crippen molar-refractivity contribution in [2.75, 3.05) is 13.2 Å². The van der Waals surface area contributed by atoms with Gasteiger partial charge in [0.05, 0.1) is 13.2 Å². The molecular formula is C20H23ClN2O5. The van der Waals surface area contributed by atoms with Gasteiger partial charge in [0.15, 0.2) is 17.2 Å². The van der Waals surface area contributed by atoms with E-state index in [2.05, 4.69) is 5.10 Å². The minimum atomic E-state index is -0.647. The first-order valence-corrected chi connectivity index (χ1v) is 9.41. The first kappa shape index (κ1) is 21.6. The van der Waals surface area contributed by atoms with E-state index in [0.29, 0.717) is 16.1 Å². The third-order valence-corrected chi connectivity index (χ3v) is 4.18. The maximum absolute atomic E-state index is 12.7. The minimum Gasteiger partial charge on any atom is -0.461 e. The zero-order valence-electron chi connectivity index (χ0n) is 16.3. The Bertz CT molecular complexity index is 889. The highest BCUT2D eigenvalue weighted by atomic mass is 35.5. The van der Waals surface area contributed by atoms with Gasteiger partial charge in [-0.15, -0.1) is 0 Å². The Labute approximate surface area is 168 Å². The van der Waals surface area contributed by atoms with Gasteiger partial charge in [0.2, 0.25) is 0 Å².